The SMILES string of the molecule is N#Cc1ccccc1-c1cccc2c1-c1ccc(-c3cc(-c4ccccc4)nc(-c4ccccc4)c3)cc1C21C2CC3CC(C2)CC1C3. The lowest BCUT2D eigenvalue weighted by Crippen LogP contribution is -2.55. The Bertz CT molecular complexity index is 2170. The van der Waals surface area contributed by atoms with Crippen molar-refractivity contribution in [2.75, 3.05) is 0 Å². The van der Waals surface area contributed by atoms with Crippen LogP contribution in [0.5, 0.6) is 0 Å². The van der Waals surface area contributed by atoms with Crippen LogP contribution in [0.3, 0.4) is 0 Å². The second kappa shape index (κ2) is 10.6. The summed E-state index contributed by atoms with van der Waals surface area (Å²) in [5.41, 5.74) is 15.5. The molecule has 1 heterocycles. The summed E-state index contributed by atoms with van der Waals surface area (Å²) in [7, 11) is 0. The molecule has 1 aromatic heterocycles. The van der Waals surface area contributed by atoms with E-state index < -0.39 is 0 Å². The molecule has 0 amide bonds. The molecule has 6 aromatic rings. The molecule has 5 aliphatic rings. The molecule has 5 aliphatic carbocycles. The van der Waals surface area contributed by atoms with Gasteiger partial charge in [0, 0.05) is 22.1 Å². The van der Waals surface area contributed by atoms with Gasteiger partial charge in [0.1, 0.15) is 0 Å². The molecule has 48 heavy (non-hydrogen) atoms. The van der Waals surface area contributed by atoms with Gasteiger partial charge in [-0.25, -0.2) is 4.98 Å². The largest absolute Gasteiger partial charge is 0.248 e. The average molecular weight is 617 g/mol. The molecule has 0 atom stereocenters. The van der Waals surface area contributed by atoms with E-state index in [1.807, 2.05) is 12.1 Å². The number of fused-ring (bicyclic) bond motifs is 3. The highest BCUT2D eigenvalue weighted by Crippen LogP contribution is 2.70. The van der Waals surface area contributed by atoms with Gasteiger partial charge in [-0.3, -0.25) is 0 Å². The van der Waals surface area contributed by atoms with E-state index in [0.29, 0.717) is 11.8 Å². The first kappa shape index (κ1) is 27.8. The number of pyridine rings is 1. The monoisotopic (exact) mass is 616 g/mol. The van der Waals surface area contributed by atoms with Crippen LogP contribution in [0, 0.1) is 35.0 Å². The number of rotatable bonds is 4. The van der Waals surface area contributed by atoms with E-state index in [0.717, 1.165) is 45.5 Å². The van der Waals surface area contributed by atoms with Gasteiger partial charge < -0.3 is 0 Å². The quantitative estimate of drug-likeness (QED) is 0.198. The molecule has 0 N–H and O–H groups in total. The summed E-state index contributed by atoms with van der Waals surface area (Å²) in [6, 6.07) is 50.6. The third-order valence-electron chi connectivity index (χ3n) is 12.3. The van der Waals surface area contributed by atoms with Crippen molar-refractivity contribution in [3.8, 4) is 62.0 Å². The molecule has 4 saturated carbocycles. The maximum absolute atomic E-state index is 10.1. The predicted molar refractivity (Wildman–Crippen MR) is 194 cm³/mol. The summed E-state index contributed by atoms with van der Waals surface area (Å²) in [5, 5.41) is 10.1. The fourth-order valence-corrected chi connectivity index (χ4v) is 10.7. The standard InChI is InChI=1S/C46H36N2/c47-28-34-14-7-8-15-38(34)39-16-9-17-41-45(39)40-19-18-33(25-42(40)46(41)36-21-29-20-30(23-36)24-37(46)22-29)35-26-43(31-10-3-1-4-11-31)48-44(27-35)32-12-5-2-6-13-32/h1-19,25-27,29-30,36-37H,20-24H2. The summed E-state index contributed by atoms with van der Waals surface area (Å²) in [6.07, 6.45) is 6.77. The highest BCUT2D eigenvalue weighted by Gasteiger charge is 2.61. The van der Waals surface area contributed by atoms with Crippen molar-refractivity contribution in [1.82, 2.24) is 4.98 Å². The van der Waals surface area contributed by atoms with Crippen molar-refractivity contribution < 1.29 is 0 Å². The fourth-order valence-electron chi connectivity index (χ4n) is 10.7. The Morgan fingerprint density at radius 2 is 1.10 bits per heavy atom. The van der Waals surface area contributed by atoms with Crippen LogP contribution >= 0.6 is 0 Å². The Balaban J connectivity index is 1.22. The van der Waals surface area contributed by atoms with Crippen molar-refractivity contribution in [2.45, 2.75) is 37.5 Å². The number of aromatic nitrogens is 1. The Hall–Kier alpha value is -5.26. The predicted octanol–water partition coefficient (Wildman–Crippen LogP) is 11.3. The normalized spacial score (nSPS) is 24.3. The number of hydrogen-bond donors (Lipinski definition) is 0. The Morgan fingerprint density at radius 1 is 0.500 bits per heavy atom. The molecule has 5 aromatic carbocycles. The van der Waals surface area contributed by atoms with Gasteiger partial charge in [-0.15, -0.1) is 0 Å². The van der Waals surface area contributed by atoms with Gasteiger partial charge in [0.15, 0.2) is 0 Å². The van der Waals surface area contributed by atoms with Crippen LogP contribution in [0.15, 0.2) is 133 Å². The van der Waals surface area contributed by atoms with Gasteiger partial charge in [-0.05, 0) is 119 Å². The van der Waals surface area contributed by atoms with Crippen LogP contribution < -0.4 is 0 Å². The number of nitrogens with zero attached hydrogens (tertiary/aromatic N) is 2. The van der Waals surface area contributed by atoms with E-state index in [1.165, 1.54) is 71.0 Å². The zero-order valence-corrected chi connectivity index (χ0v) is 26.9. The van der Waals surface area contributed by atoms with Gasteiger partial charge >= 0.3 is 0 Å². The lowest BCUT2D eigenvalue weighted by molar-refractivity contribution is -0.0399. The van der Waals surface area contributed by atoms with Crippen LogP contribution in [-0.4, -0.2) is 4.98 Å². The molecular formula is C46H36N2. The lowest BCUT2D eigenvalue weighted by Gasteiger charge is -2.61. The second-order valence-electron chi connectivity index (χ2n) is 14.7. The van der Waals surface area contributed by atoms with E-state index >= 15 is 0 Å². The summed E-state index contributed by atoms with van der Waals surface area (Å²) in [4.78, 5) is 5.18. The third kappa shape index (κ3) is 4.01. The van der Waals surface area contributed by atoms with Crippen molar-refractivity contribution in [1.29, 1.82) is 5.26 Å². The average Bonchev–Trinajstić information content (AvgIpc) is 3.44. The minimum absolute atomic E-state index is 0.0171. The Kier molecular flexibility index (Phi) is 6.16. The minimum atomic E-state index is 0.0171. The number of benzene rings is 5. The smallest absolute Gasteiger partial charge is 0.0998 e. The van der Waals surface area contributed by atoms with Crippen molar-refractivity contribution in [3.05, 3.63) is 150 Å². The molecule has 11 rings (SSSR count). The second-order valence-corrected chi connectivity index (χ2v) is 14.7. The van der Waals surface area contributed by atoms with Crippen molar-refractivity contribution >= 4 is 0 Å². The Labute approximate surface area is 282 Å². The van der Waals surface area contributed by atoms with Gasteiger partial charge in [-0.2, -0.15) is 5.26 Å². The lowest BCUT2D eigenvalue weighted by atomic mass is 9.43. The molecule has 4 fully saturated rings. The van der Waals surface area contributed by atoms with E-state index in [-0.39, 0.29) is 5.41 Å². The Morgan fingerprint density at radius 3 is 1.75 bits per heavy atom. The molecule has 0 saturated heterocycles. The molecule has 2 nitrogen and oxygen atoms in total. The van der Waals surface area contributed by atoms with Crippen LogP contribution in [0.1, 0.15) is 48.8 Å². The molecule has 2 heteroatoms. The first-order valence-corrected chi connectivity index (χ1v) is 17.6. The molecule has 0 aliphatic heterocycles. The van der Waals surface area contributed by atoms with Crippen LogP contribution in [0.4, 0.5) is 0 Å². The van der Waals surface area contributed by atoms with E-state index in [1.54, 1.807) is 0 Å². The maximum Gasteiger partial charge on any atom is 0.0998 e. The van der Waals surface area contributed by atoms with Crippen LogP contribution in [0.2, 0.25) is 0 Å². The number of nitriles is 1. The van der Waals surface area contributed by atoms with E-state index in [4.69, 9.17) is 4.98 Å². The third-order valence-corrected chi connectivity index (χ3v) is 12.3. The van der Waals surface area contributed by atoms with Crippen LogP contribution in [0.25, 0.3) is 55.9 Å². The fraction of sp³-hybridized carbons (Fsp3) is 0.217. The van der Waals surface area contributed by atoms with Gasteiger partial charge in [0.25, 0.3) is 0 Å². The molecule has 1 spiro atoms. The highest BCUT2D eigenvalue weighted by molar-refractivity contribution is 5.95. The first-order chi connectivity index (χ1) is 23.7. The minimum Gasteiger partial charge on any atom is -0.248 e. The number of hydrogen-bond acceptors (Lipinski definition) is 2. The topological polar surface area (TPSA) is 36.7 Å². The summed E-state index contributed by atoms with van der Waals surface area (Å²) < 4.78 is 0. The highest BCUT2D eigenvalue weighted by atomic mass is 14.7. The zero-order valence-electron chi connectivity index (χ0n) is 26.9. The van der Waals surface area contributed by atoms with Crippen molar-refractivity contribution in [3.63, 3.8) is 0 Å². The van der Waals surface area contributed by atoms with Gasteiger partial charge in [0.2, 0.25) is 0 Å². The summed E-state index contributed by atoms with van der Waals surface area (Å²) >= 11 is 0. The van der Waals surface area contributed by atoms with E-state index in [2.05, 4.69) is 127 Å². The van der Waals surface area contributed by atoms with E-state index in [9.17, 15) is 5.26 Å². The first-order valence-electron chi connectivity index (χ1n) is 17.6. The molecular weight excluding hydrogens is 581 g/mol. The van der Waals surface area contributed by atoms with Crippen LogP contribution in [-0.2, 0) is 5.41 Å². The van der Waals surface area contributed by atoms with Crippen molar-refractivity contribution in [2.24, 2.45) is 23.7 Å². The van der Waals surface area contributed by atoms with Gasteiger partial charge in [-0.1, -0.05) is 109 Å². The molecule has 4 bridgehead atoms. The zero-order chi connectivity index (χ0) is 31.8. The summed E-state index contributed by atoms with van der Waals surface area (Å²) in [5.74, 6) is 3.06. The maximum atomic E-state index is 10.1. The summed E-state index contributed by atoms with van der Waals surface area (Å²) in [6.45, 7) is 0. The molecule has 230 valence electrons. The molecule has 0 unspecified atom stereocenters. The van der Waals surface area contributed by atoms with Gasteiger partial charge in [0.05, 0.1) is 23.0 Å². The molecule has 0 radical (unpaired) electrons.